The first-order valence-electron chi connectivity index (χ1n) is 10.5. The molecule has 2 aromatic carbocycles. The van der Waals surface area contributed by atoms with Crippen LogP contribution in [-0.4, -0.2) is 57.5 Å². The Balaban J connectivity index is 1.67. The molecule has 10 heteroatoms. The average Bonchev–Trinajstić information content (AvgIpc) is 3.13. The number of carbonyl (C=O) groups is 1. The molecular weight excluding hydrogens is 455 g/mol. The molecule has 2 fully saturated rings. The van der Waals surface area contributed by atoms with Gasteiger partial charge in [0.15, 0.2) is 5.11 Å². The number of anilines is 1. The van der Waals surface area contributed by atoms with E-state index < -0.39 is 41.9 Å². The number of carbonyl (C=O) groups excluding carboxylic acids is 1. The van der Waals surface area contributed by atoms with Gasteiger partial charge in [0.1, 0.15) is 6.10 Å². The minimum atomic E-state index is -4.54. The number of nitrogens with one attached hydrogen (secondary N) is 1. The van der Waals surface area contributed by atoms with E-state index in [1.165, 1.54) is 21.9 Å². The molecule has 5 atom stereocenters. The van der Waals surface area contributed by atoms with Crippen LogP contribution in [-0.2, 0) is 17.5 Å². The summed E-state index contributed by atoms with van der Waals surface area (Å²) in [6.07, 6.45) is -6.99. The lowest BCUT2D eigenvalue weighted by atomic mass is 9.77. The zero-order chi connectivity index (χ0) is 23.9. The largest absolute Gasteiger partial charge is 0.416 e. The Hall–Kier alpha value is -2.69. The van der Waals surface area contributed by atoms with Crippen LogP contribution < -0.4 is 10.2 Å². The Morgan fingerprint density at radius 3 is 2.55 bits per heavy atom. The molecular formula is C23H24F3N3O3S. The Labute approximate surface area is 194 Å². The van der Waals surface area contributed by atoms with Crippen molar-refractivity contribution in [2.24, 2.45) is 5.92 Å². The maximum atomic E-state index is 13.5. The summed E-state index contributed by atoms with van der Waals surface area (Å²) < 4.78 is 39.9. The van der Waals surface area contributed by atoms with Gasteiger partial charge >= 0.3 is 6.18 Å². The number of thiocarbonyl (C=S) groups is 1. The highest BCUT2D eigenvalue weighted by molar-refractivity contribution is 7.80. The highest BCUT2D eigenvalue weighted by atomic mass is 32.1. The molecule has 1 saturated carbocycles. The zero-order valence-corrected chi connectivity index (χ0v) is 18.6. The standard InChI is InChI=1S/C23H24F3N3O3S/c1-28(12-13-6-3-2-4-7-13)21(32)16-11-17(30)20(31)18-19(16)29(22(33)27-18)15-9-5-8-14(10-15)23(24,25)26/h2-10,16-20,30-31H,11-12H2,1H3,(H,27,33)/t16-,17-,18-,19-,20+/m1/s1. The van der Waals surface area contributed by atoms with Gasteiger partial charge in [0.2, 0.25) is 5.91 Å². The maximum Gasteiger partial charge on any atom is 0.416 e. The lowest BCUT2D eigenvalue weighted by Gasteiger charge is -2.42. The fraction of sp³-hybridized carbons (Fsp3) is 0.391. The first-order valence-corrected chi connectivity index (χ1v) is 10.9. The second-order valence-corrected chi connectivity index (χ2v) is 8.85. The summed E-state index contributed by atoms with van der Waals surface area (Å²) in [6, 6.07) is 12.5. The molecule has 4 rings (SSSR count). The molecule has 2 aromatic rings. The van der Waals surface area contributed by atoms with Gasteiger partial charge in [-0.2, -0.15) is 13.2 Å². The topological polar surface area (TPSA) is 76.0 Å². The molecule has 0 bridgehead atoms. The van der Waals surface area contributed by atoms with Gasteiger partial charge in [0.05, 0.1) is 29.7 Å². The lowest BCUT2D eigenvalue weighted by Crippen LogP contribution is -2.61. The number of fused-ring (bicyclic) bond motifs is 1. The van der Waals surface area contributed by atoms with Crippen LogP contribution in [0.5, 0.6) is 0 Å². The van der Waals surface area contributed by atoms with Gasteiger partial charge < -0.3 is 25.3 Å². The zero-order valence-electron chi connectivity index (χ0n) is 17.7. The molecule has 3 N–H and O–H groups in total. The summed E-state index contributed by atoms with van der Waals surface area (Å²) in [5, 5.41) is 24.0. The molecule has 1 amide bonds. The number of amides is 1. The van der Waals surface area contributed by atoms with Crippen molar-refractivity contribution in [3.63, 3.8) is 0 Å². The predicted octanol–water partition coefficient (Wildman–Crippen LogP) is 2.54. The van der Waals surface area contributed by atoms with Crippen molar-refractivity contribution in [1.82, 2.24) is 10.2 Å². The molecule has 1 aliphatic heterocycles. The van der Waals surface area contributed by atoms with Crippen molar-refractivity contribution in [1.29, 1.82) is 0 Å². The lowest BCUT2D eigenvalue weighted by molar-refractivity contribution is -0.141. The first kappa shape index (κ1) is 23.5. The number of hydrogen-bond donors (Lipinski definition) is 3. The Bertz CT molecular complexity index is 1040. The summed E-state index contributed by atoms with van der Waals surface area (Å²) in [5.74, 6) is -1.09. The van der Waals surface area contributed by atoms with Gasteiger partial charge in [0.25, 0.3) is 0 Å². The average molecular weight is 480 g/mol. The molecule has 0 aromatic heterocycles. The van der Waals surface area contributed by atoms with Gasteiger partial charge in [-0.25, -0.2) is 0 Å². The second-order valence-electron chi connectivity index (χ2n) is 8.46. The molecule has 33 heavy (non-hydrogen) atoms. The van der Waals surface area contributed by atoms with Crippen molar-refractivity contribution in [2.75, 3.05) is 11.9 Å². The van der Waals surface area contributed by atoms with E-state index in [1.807, 2.05) is 30.3 Å². The van der Waals surface area contributed by atoms with Crippen LogP contribution in [0.1, 0.15) is 17.5 Å². The molecule has 1 aliphatic carbocycles. The molecule has 176 valence electrons. The maximum absolute atomic E-state index is 13.5. The van der Waals surface area contributed by atoms with E-state index in [9.17, 15) is 28.2 Å². The van der Waals surface area contributed by atoms with Crippen LogP contribution >= 0.6 is 12.2 Å². The van der Waals surface area contributed by atoms with E-state index >= 15 is 0 Å². The number of aliphatic hydroxyl groups excluding tert-OH is 2. The van der Waals surface area contributed by atoms with E-state index in [0.29, 0.717) is 6.54 Å². The molecule has 0 spiro atoms. The summed E-state index contributed by atoms with van der Waals surface area (Å²) in [6.45, 7) is 0.327. The van der Waals surface area contributed by atoms with Crippen LogP contribution in [0.4, 0.5) is 18.9 Å². The number of benzene rings is 2. The third-order valence-electron chi connectivity index (χ3n) is 6.25. The smallest absolute Gasteiger partial charge is 0.390 e. The number of rotatable bonds is 4. The molecule has 0 radical (unpaired) electrons. The van der Waals surface area contributed by atoms with E-state index in [1.54, 1.807) is 7.05 Å². The molecule has 0 unspecified atom stereocenters. The quantitative estimate of drug-likeness (QED) is 0.586. The van der Waals surface area contributed by atoms with Crippen LogP contribution in [0.2, 0.25) is 0 Å². The van der Waals surface area contributed by atoms with E-state index in [2.05, 4.69) is 5.32 Å². The van der Waals surface area contributed by atoms with Gasteiger partial charge in [-0.3, -0.25) is 4.79 Å². The summed E-state index contributed by atoms with van der Waals surface area (Å²) in [7, 11) is 1.64. The summed E-state index contributed by atoms with van der Waals surface area (Å²) in [5.41, 5.74) is 0.240. The molecule has 2 aliphatic rings. The summed E-state index contributed by atoms with van der Waals surface area (Å²) in [4.78, 5) is 16.4. The van der Waals surface area contributed by atoms with Crippen molar-refractivity contribution < 1.29 is 28.2 Å². The Morgan fingerprint density at radius 2 is 1.88 bits per heavy atom. The third kappa shape index (κ3) is 4.55. The SMILES string of the molecule is CN(Cc1ccccc1)C(=O)[C@@H]1C[C@@H](O)[C@H](O)[C@@H]2NC(=S)N(c3cccc(C(F)(F)F)c3)[C@@H]21. The van der Waals surface area contributed by atoms with Crippen molar-refractivity contribution in [2.45, 2.75) is 43.4 Å². The first-order chi connectivity index (χ1) is 15.6. The van der Waals surface area contributed by atoms with Crippen molar-refractivity contribution >= 4 is 28.9 Å². The molecule has 1 heterocycles. The number of aliphatic hydroxyl groups is 2. The molecule has 1 saturated heterocycles. The van der Waals surface area contributed by atoms with Crippen LogP contribution in [0, 0.1) is 5.92 Å². The minimum Gasteiger partial charge on any atom is -0.390 e. The fourth-order valence-electron chi connectivity index (χ4n) is 4.68. The fourth-order valence-corrected chi connectivity index (χ4v) is 5.04. The molecule has 6 nitrogen and oxygen atoms in total. The van der Waals surface area contributed by atoms with Gasteiger partial charge in [-0.05, 0) is 42.4 Å². The van der Waals surface area contributed by atoms with Gasteiger partial charge in [0, 0.05) is 19.3 Å². The normalized spacial score (nSPS) is 27.2. The number of nitrogens with zero attached hydrogens (tertiary/aromatic N) is 2. The van der Waals surface area contributed by atoms with Crippen molar-refractivity contribution in [3.8, 4) is 0 Å². The summed E-state index contributed by atoms with van der Waals surface area (Å²) >= 11 is 5.39. The predicted molar refractivity (Wildman–Crippen MR) is 120 cm³/mol. The third-order valence-corrected chi connectivity index (χ3v) is 6.57. The van der Waals surface area contributed by atoms with Gasteiger partial charge in [-0.15, -0.1) is 0 Å². The van der Waals surface area contributed by atoms with E-state index in [4.69, 9.17) is 12.2 Å². The second kappa shape index (κ2) is 8.92. The minimum absolute atomic E-state index is 0.0416. The van der Waals surface area contributed by atoms with Crippen molar-refractivity contribution in [3.05, 3.63) is 65.7 Å². The highest BCUT2D eigenvalue weighted by Gasteiger charge is 2.54. The highest BCUT2D eigenvalue weighted by Crippen LogP contribution is 2.39. The van der Waals surface area contributed by atoms with Crippen LogP contribution in [0.15, 0.2) is 54.6 Å². The van der Waals surface area contributed by atoms with Crippen LogP contribution in [0.3, 0.4) is 0 Å². The Morgan fingerprint density at radius 1 is 1.18 bits per heavy atom. The monoisotopic (exact) mass is 479 g/mol. The number of halogens is 3. The number of alkyl halides is 3. The van der Waals surface area contributed by atoms with Crippen LogP contribution in [0.25, 0.3) is 0 Å². The Kier molecular flexibility index (Phi) is 6.35. The van der Waals surface area contributed by atoms with E-state index in [0.717, 1.165) is 17.7 Å². The van der Waals surface area contributed by atoms with Gasteiger partial charge in [-0.1, -0.05) is 36.4 Å². The number of hydrogen-bond acceptors (Lipinski definition) is 4. The van der Waals surface area contributed by atoms with E-state index in [-0.39, 0.29) is 23.1 Å².